The molecule has 90 valence electrons. The summed E-state index contributed by atoms with van der Waals surface area (Å²) >= 11 is 15.1. The van der Waals surface area contributed by atoms with Crippen LogP contribution in [0, 0.1) is 0 Å². The maximum Gasteiger partial charge on any atom is 0.252 e. The minimum Gasteiger partial charge on any atom is -0.293 e. The van der Waals surface area contributed by atoms with Crippen LogP contribution in [0.1, 0.15) is 5.56 Å². The lowest BCUT2D eigenvalue weighted by molar-refractivity contribution is 0.509. The van der Waals surface area contributed by atoms with Crippen molar-refractivity contribution in [3.05, 3.63) is 35.9 Å². The number of nitrogens with zero attached hydrogens (tertiary/aromatic N) is 1. The molecule has 1 N–H and O–H groups in total. The zero-order valence-corrected chi connectivity index (χ0v) is 11.7. The van der Waals surface area contributed by atoms with Gasteiger partial charge < -0.3 is 0 Å². The predicted octanol–water partition coefficient (Wildman–Crippen LogP) is 3.60. The highest BCUT2D eigenvalue weighted by Gasteiger charge is 2.28. The van der Waals surface area contributed by atoms with Crippen molar-refractivity contribution < 1.29 is 8.76 Å². The quantitative estimate of drug-likeness (QED) is 0.523. The van der Waals surface area contributed by atoms with Gasteiger partial charge in [0.1, 0.15) is 0 Å². The monoisotopic (exact) mass is 319 g/mol. The Hall–Kier alpha value is 0.510. The SMILES string of the molecule is O=S(O)N(Cc1ccccc1)SC(Cl)(Cl)Cl. The van der Waals surface area contributed by atoms with Crippen LogP contribution in [0.5, 0.6) is 0 Å². The average Bonchev–Trinajstić information content (AvgIpc) is 2.16. The first-order valence-corrected chi connectivity index (χ1v) is 7.04. The van der Waals surface area contributed by atoms with Crippen LogP contribution in [0.15, 0.2) is 30.3 Å². The van der Waals surface area contributed by atoms with E-state index in [-0.39, 0.29) is 6.54 Å². The molecule has 1 rings (SSSR count). The van der Waals surface area contributed by atoms with E-state index in [1.54, 1.807) is 0 Å². The number of alkyl halides is 3. The van der Waals surface area contributed by atoms with E-state index >= 15 is 0 Å². The van der Waals surface area contributed by atoms with Crippen molar-refractivity contribution in [3.8, 4) is 0 Å². The average molecular weight is 321 g/mol. The van der Waals surface area contributed by atoms with Gasteiger partial charge in [-0.05, 0) is 17.5 Å². The minimum atomic E-state index is -2.21. The van der Waals surface area contributed by atoms with Crippen LogP contribution in [-0.4, -0.2) is 15.6 Å². The molecule has 0 heterocycles. The van der Waals surface area contributed by atoms with Crippen LogP contribution >= 0.6 is 46.8 Å². The van der Waals surface area contributed by atoms with Crippen molar-refractivity contribution in [2.24, 2.45) is 0 Å². The molecule has 16 heavy (non-hydrogen) atoms. The van der Waals surface area contributed by atoms with Crippen LogP contribution in [0.4, 0.5) is 0 Å². The first-order valence-electron chi connectivity index (χ1n) is 4.07. The first kappa shape index (κ1) is 14.6. The summed E-state index contributed by atoms with van der Waals surface area (Å²) < 4.78 is 19.5. The summed E-state index contributed by atoms with van der Waals surface area (Å²) in [6.45, 7) is 0.211. The molecule has 0 aliphatic rings. The summed E-state index contributed by atoms with van der Waals surface area (Å²) in [6.07, 6.45) is 0. The van der Waals surface area contributed by atoms with Crippen molar-refractivity contribution in [2.45, 2.75) is 9.67 Å². The third-order valence-electron chi connectivity index (χ3n) is 1.53. The Balaban J connectivity index is 2.70. The highest BCUT2D eigenvalue weighted by Crippen LogP contribution is 2.41. The van der Waals surface area contributed by atoms with Gasteiger partial charge in [0.25, 0.3) is 3.12 Å². The molecule has 1 atom stereocenters. The molecule has 1 unspecified atom stereocenters. The lowest BCUT2D eigenvalue weighted by atomic mass is 10.2. The lowest BCUT2D eigenvalue weighted by Crippen LogP contribution is -2.21. The van der Waals surface area contributed by atoms with Gasteiger partial charge in [-0.25, -0.2) is 4.21 Å². The zero-order valence-electron chi connectivity index (χ0n) is 7.85. The molecule has 0 aliphatic heterocycles. The van der Waals surface area contributed by atoms with Gasteiger partial charge in [-0.1, -0.05) is 65.1 Å². The molecule has 0 bridgehead atoms. The van der Waals surface area contributed by atoms with E-state index in [0.29, 0.717) is 11.9 Å². The molecule has 0 amide bonds. The van der Waals surface area contributed by atoms with Crippen LogP contribution in [-0.2, 0) is 17.8 Å². The van der Waals surface area contributed by atoms with Gasteiger partial charge in [0, 0.05) is 0 Å². The van der Waals surface area contributed by atoms with Gasteiger partial charge in [-0.2, -0.15) is 0 Å². The third kappa shape index (κ3) is 5.72. The highest BCUT2D eigenvalue weighted by atomic mass is 35.6. The maximum absolute atomic E-state index is 11.0. The van der Waals surface area contributed by atoms with E-state index in [0.717, 1.165) is 9.27 Å². The van der Waals surface area contributed by atoms with E-state index in [1.165, 1.54) is 0 Å². The van der Waals surface area contributed by atoms with Crippen molar-refractivity contribution in [2.75, 3.05) is 0 Å². The van der Waals surface area contributed by atoms with Gasteiger partial charge in [0.15, 0.2) is 0 Å². The summed E-state index contributed by atoms with van der Waals surface area (Å²) in [5.41, 5.74) is 0.853. The molecule has 8 heteroatoms. The Morgan fingerprint density at radius 3 is 2.31 bits per heavy atom. The second-order valence-corrected chi connectivity index (χ2v) is 8.07. The van der Waals surface area contributed by atoms with Gasteiger partial charge >= 0.3 is 0 Å². The fourth-order valence-electron chi connectivity index (χ4n) is 0.967. The summed E-state index contributed by atoms with van der Waals surface area (Å²) in [4.78, 5) is 0. The van der Waals surface area contributed by atoms with Crippen molar-refractivity contribution in [3.63, 3.8) is 0 Å². The second kappa shape index (κ2) is 6.44. The molecule has 0 saturated heterocycles. The second-order valence-electron chi connectivity index (χ2n) is 2.74. The molecule has 0 spiro atoms. The predicted molar refractivity (Wildman–Crippen MR) is 70.6 cm³/mol. The van der Waals surface area contributed by atoms with Gasteiger partial charge in [-0.3, -0.25) is 4.55 Å². The van der Waals surface area contributed by atoms with Crippen molar-refractivity contribution in [1.82, 2.24) is 3.71 Å². The molecule has 3 nitrogen and oxygen atoms in total. The molecule has 0 saturated carbocycles. The van der Waals surface area contributed by atoms with E-state index in [1.807, 2.05) is 30.3 Å². The Morgan fingerprint density at radius 1 is 1.31 bits per heavy atom. The molecule has 0 aromatic heterocycles. The van der Waals surface area contributed by atoms with E-state index in [2.05, 4.69) is 0 Å². The standard InChI is InChI=1S/C8H8Cl3NO2S2/c9-8(10,11)15-12(16(13)14)6-7-4-2-1-3-5-7/h1-5H,6H2,(H,13,14). The third-order valence-corrected chi connectivity index (χ3v) is 3.78. The molecule has 1 aromatic rings. The number of halogens is 3. The van der Waals surface area contributed by atoms with Crippen LogP contribution < -0.4 is 0 Å². The van der Waals surface area contributed by atoms with Gasteiger partial charge in [0.2, 0.25) is 11.3 Å². The normalized spacial score (nSPS) is 14.1. The molecule has 0 radical (unpaired) electrons. The summed E-state index contributed by atoms with van der Waals surface area (Å²) in [7, 11) is 0. The zero-order chi connectivity index (χ0) is 12.2. The molecular formula is C8H8Cl3NO2S2. The lowest BCUT2D eigenvalue weighted by Gasteiger charge is -2.20. The number of rotatable bonds is 4. The van der Waals surface area contributed by atoms with E-state index in [9.17, 15) is 4.21 Å². The van der Waals surface area contributed by atoms with Crippen LogP contribution in [0.3, 0.4) is 0 Å². The van der Waals surface area contributed by atoms with Gasteiger partial charge in [-0.15, -0.1) is 3.71 Å². The Kier molecular flexibility index (Phi) is 5.87. The Morgan fingerprint density at radius 2 is 1.88 bits per heavy atom. The molecule has 0 fully saturated rings. The van der Waals surface area contributed by atoms with Gasteiger partial charge in [0.05, 0.1) is 6.54 Å². The molecular weight excluding hydrogens is 313 g/mol. The maximum atomic E-state index is 11.0. The number of hydrogen-bond acceptors (Lipinski definition) is 2. The fourth-order valence-corrected chi connectivity index (χ4v) is 3.38. The molecule has 0 aliphatic carbocycles. The molecule has 1 aromatic carbocycles. The summed E-state index contributed by atoms with van der Waals surface area (Å²) in [6, 6.07) is 9.14. The van der Waals surface area contributed by atoms with E-state index in [4.69, 9.17) is 39.4 Å². The summed E-state index contributed by atoms with van der Waals surface area (Å²) in [5, 5.41) is 0. The van der Waals surface area contributed by atoms with Crippen molar-refractivity contribution >= 4 is 58.0 Å². The van der Waals surface area contributed by atoms with Crippen molar-refractivity contribution in [1.29, 1.82) is 0 Å². The van der Waals surface area contributed by atoms with Crippen LogP contribution in [0.25, 0.3) is 0 Å². The fraction of sp³-hybridized carbons (Fsp3) is 0.250. The largest absolute Gasteiger partial charge is 0.293 e. The number of benzene rings is 1. The first-order chi connectivity index (χ1) is 7.38. The van der Waals surface area contributed by atoms with Crippen LogP contribution in [0.2, 0.25) is 0 Å². The smallest absolute Gasteiger partial charge is 0.252 e. The minimum absolute atomic E-state index is 0.211. The topological polar surface area (TPSA) is 40.5 Å². The Bertz CT molecular complexity index is 358. The Labute approximate surface area is 116 Å². The number of hydrogen-bond donors (Lipinski definition) is 1. The summed E-state index contributed by atoms with van der Waals surface area (Å²) in [5.74, 6) is 0. The highest BCUT2D eigenvalue weighted by molar-refractivity contribution is 8.09. The van der Waals surface area contributed by atoms with E-state index < -0.39 is 14.4 Å².